The molecule has 1 fully saturated rings. The van der Waals surface area contributed by atoms with Crippen LogP contribution in [0.1, 0.15) is 24.2 Å². The molecule has 9 heteroatoms. The van der Waals surface area contributed by atoms with Crippen molar-refractivity contribution >= 4 is 16.0 Å². The third-order valence-electron chi connectivity index (χ3n) is 3.91. The Morgan fingerprint density at radius 2 is 1.88 bits per heavy atom. The lowest BCUT2D eigenvalue weighted by Crippen LogP contribution is -2.26. The lowest BCUT2D eigenvalue weighted by molar-refractivity contribution is 0.542. The Kier molecular flexibility index (Phi) is 4.96. The third-order valence-corrected chi connectivity index (χ3v) is 5.35. The van der Waals surface area contributed by atoms with Crippen LogP contribution in [-0.2, 0) is 16.6 Å². The summed E-state index contributed by atoms with van der Waals surface area (Å²) < 4.78 is 53.4. The molecule has 0 bridgehead atoms. The van der Waals surface area contributed by atoms with Crippen molar-refractivity contribution in [2.75, 3.05) is 18.0 Å². The minimum atomic E-state index is -4.12. The number of hydrogen-bond acceptors (Lipinski definition) is 5. The van der Waals surface area contributed by atoms with Gasteiger partial charge in [-0.05, 0) is 38.0 Å². The predicted octanol–water partition coefficient (Wildman–Crippen LogP) is 2.14. The van der Waals surface area contributed by atoms with Crippen LogP contribution in [0, 0.1) is 18.6 Å². The van der Waals surface area contributed by atoms with Crippen LogP contribution in [0.2, 0.25) is 0 Å². The molecular formula is C16H18F2N4O2S. The highest BCUT2D eigenvalue weighted by Crippen LogP contribution is 2.18. The molecule has 6 nitrogen and oxygen atoms in total. The molecule has 0 amide bonds. The maximum Gasteiger partial charge on any atom is 0.243 e. The maximum atomic E-state index is 13.7. The average molecular weight is 368 g/mol. The lowest BCUT2D eigenvalue weighted by Gasteiger charge is -2.16. The van der Waals surface area contributed by atoms with Crippen molar-refractivity contribution in [3.63, 3.8) is 0 Å². The molecule has 1 N–H and O–H groups in total. The first-order chi connectivity index (χ1) is 11.8. The van der Waals surface area contributed by atoms with Gasteiger partial charge in [0.05, 0.1) is 12.2 Å². The van der Waals surface area contributed by atoms with Crippen LogP contribution in [0.5, 0.6) is 0 Å². The molecule has 3 rings (SSSR count). The van der Waals surface area contributed by atoms with Crippen molar-refractivity contribution in [1.29, 1.82) is 0 Å². The fourth-order valence-electron chi connectivity index (χ4n) is 2.71. The number of nitrogens with one attached hydrogen (secondary N) is 1. The first-order valence-electron chi connectivity index (χ1n) is 7.89. The minimum absolute atomic E-state index is 0.108. The van der Waals surface area contributed by atoms with Gasteiger partial charge in [0.1, 0.15) is 16.5 Å². The van der Waals surface area contributed by atoms with Gasteiger partial charge in [0, 0.05) is 24.8 Å². The molecule has 1 aromatic carbocycles. The number of hydrogen-bond donors (Lipinski definition) is 1. The van der Waals surface area contributed by atoms with Gasteiger partial charge in [-0.2, -0.15) is 0 Å². The lowest BCUT2D eigenvalue weighted by atomic mass is 10.3. The quantitative estimate of drug-likeness (QED) is 0.875. The summed E-state index contributed by atoms with van der Waals surface area (Å²) in [5, 5.41) is 0. The Morgan fingerprint density at radius 3 is 2.56 bits per heavy atom. The number of benzene rings is 1. The van der Waals surface area contributed by atoms with E-state index in [0.717, 1.165) is 43.8 Å². The van der Waals surface area contributed by atoms with Crippen molar-refractivity contribution in [3.05, 3.63) is 47.3 Å². The van der Waals surface area contributed by atoms with Crippen molar-refractivity contribution in [3.8, 4) is 0 Å². The van der Waals surface area contributed by atoms with Gasteiger partial charge < -0.3 is 4.90 Å². The highest BCUT2D eigenvalue weighted by atomic mass is 32.2. The standard InChI is InChI=1S/C16H18F2N4O2S/c1-11-8-13(21-16(20-11)22-6-2-3-7-22)10-19-25(23,24)15-5-4-12(17)9-14(15)18/h4-5,8-9,19H,2-3,6-7,10H2,1H3. The smallest absolute Gasteiger partial charge is 0.243 e. The van der Waals surface area contributed by atoms with Crippen LogP contribution in [0.4, 0.5) is 14.7 Å². The average Bonchev–Trinajstić information content (AvgIpc) is 3.07. The monoisotopic (exact) mass is 368 g/mol. The van der Waals surface area contributed by atoms with Crippen LogP contribution < -0.4 is 9.62 Å². The van der Waals surface area contributed by atoms with E-state index in [1.165, 1.54) is 0 Å². The van der Waals surface area contributed by atoms with Gasteiger partial charge in [-0.3, -0.25) is 0 Å². The van der Waals surface area contributed by atoms with E-state index in [2.05, 4.69) is 14.7 Å². The molecule has 2 heterocycles. The molecule has 1 aliphatic heterocycles. The van der Waals surface area contributed by atoms with Gasteiger partial charge in [-0.15, -0.1) is 0 Å². The molecule has 25 heavy (non-hydrogen) atoms. The Labute approximate surface area is 145 Å². The minimum Gasteiger partial charge on any atom is -0.341 e. The van der Waals surface area contributed by atoms with Gasteiger partial charge in [-0.25, -0.2) is 31.9 Å². The third kappa shape index (κ3) is 4.10. The van der Waals surface area contributed by atoms with E-state index in [4.69, 9.17) is 0 Å². The molecule has 0 radical (unpaired) electrons. The highest BCUT2D eigenvalue weighted by molar-refractivity contribution is 7.89. The molecule has 1 saturated heterocycles. The molecule has 0 saturated carbocycles. The molecule has 0 unspecified atom stereocenters. The Bertz CT molecular complexity index is 884. The normalized spacial score (nSPS) is 14.9. The van der Waals surface area contributed by atoms with Crippen LogP contribution in [0.25, 0.3) is 0 Å². The van der Waals surface area contributed by atoms with Crippen molar-refractivity contribution < 1.29 is 17.2 Å². The second kappa shape index (κ2) is 7.01. The number of nitrogens with zero attached hydrogens (tertiary/aromatic N) is 3. The number of anilines is 1. The molecule has 134 valence electrons. The van der Waals surface area contributed by atoms with Gasteiger partial charge in [-0.1, -0.05) is 0 Å². The van der Waals surface area contributed by atoms with E-state index >= 15 is 0 Å². The number of aromatic nitrogens is 2. The highest BCUT2D eigenvalue weighted by Gasteiger charge is 2.20. The second-order valence-corrected chi connectivity index (χ2v) is 7.63. The first-order valence-corrected chi connectivity index (χ1v) is 9.38. The summed E-state index contributed by atoms with van der Waals surface area (Å²) in [6.45, 7) is 3.44. The molecule has 1 aromatic heterocycles. The van der Waals surface area contributed by atoms with E-state index < -0.39 is 26.6 Å². The summed E-state index contributed by atoms with van der Waals surface area (Å²) in [5.74, 6) is -1.40. The number of aryl methyl sites for hydroxylation is 1. The molecule has 1 aliphatic rings. The summed E-state index contributed by atoms with van der Waals surface area (Å²) in [4.78, 5) is 10.2. The summed E-state index contributed by atoms with van der Waals surface area (Å²) in [7, 11) is -4.12. The molecular weight excluding hydrogens is 350 g/mol. The van der Waals surface area contributed by atoms with Crippen molar-refractivity contribution in [1.82, 2.24) is 14.7 Å². The summed E-state index contributed by atoms with van der Waals surface area (Å²) >= 11 is 0. The Morgan fingerprint density at radius 1 is 1.16 bits per heavy atom. The van der Waals surface area contributed by atoms with Gasteiger partial charge in [0.25, 0.3) is 0 Å². The van der Waals surface area contributed by atoms with E-state index in [9.17, 15) is 17.2 Å². The number of halogens is 2. The molecule has 2 aromatic rings. The Balaban J connectivity index is 1.78. The largest absolute Gasteiger partial charge is 0.341 e. The fourth-order valence-corrected chi connectivity index (χ4v) is 3.76. The fraction of sp³-hybridized carbons (Fsp3) is 0.375. The van der Waals surface area contributed by atoms with Gasteiger partial charge >= 0.3 is 0 Å². The zero-order valence-corrected chi connectivity index (χ0v) is 14.5. The van der Waals surface area contributed by atoms with Crippen LogP contribution in [0.3, 0.4) is 0 Å². The molecule has 0 atom stereocenters. The van der Waals surface area contributed by atoms with E-state index in [-0.39, 0.29) is 6.54 Å². The zero-order chi connectivity index (χ0) is 18.0. The van der Waals surface area contributed by atoms with Crippen LogP contribution in [0.15, 0.2) is 29.2 Å². The Hall–Kier alpha value is -2.13. The van der Waals surface area contributed by atoms with Crippen molar-refractivity contribution in [2.24, 2.45) is 0 Å². The summed E-state index contributed by atoms with van der Waals surface area (Å²) in [5.41, 5.74) is 1.21. The number of rotatable bonds is 5. The first kappa shape index (κ1) is 17.7. The molecule has 0 aliphatic carbocycles. The second-order valence-electron chi connectivity index (χ2n) is 5.89. The van der Waals surface area contributed by atoms with E-state index in [0.29, 0.717) is 17.7 Å². The van der Waals surface area contributed by atoms with Gasteiger partial charge in [0.15, 0.2) is 0 Å². The van der Waals surface area contributed by atoms with Crippen LogP contribution >= 0.6 is 0 Å². The molecule has 0 spiro atoms. The SMILES string of the molecule is Cc1cc(CNS(=O)(=O)c2ccc(F)cc2F)nc(N2CCCC2)n1. The van der Waals surface area contributed by atoms with Crippen LogP contribution in [-0.4, -0.2) is 31.5 Å². The van der Waals surface area contributed by atoms with Crippen molar-refractivity contribution in [2.45, 2.75) is 31.2 Å². The zero-order valence-electron chi connectivity index (χ0n) is 13.7. The number of sulfonamides is 1. The van der Waals surface area contributed by atoms with E-state index in [1.54, 1.807) is 13.0 Å². The predicted molar refractivity (Wildman–Crippen MR) is 88.6 cm³/mol. The topological polar surface area (TPSA) is 75.2 Å². The van der Waals surface area contributed by atoms with Gasteiger partial charge in [0.2, 0.25) is 16.0 Å². The van der Waals surface area contributed by atoms with E-state index in [1.807, 2.05) is 4.90 Å². The maximum absolute atomic E-state index is 13.7. The summed E-state index contributed by atoms with van der Waals surface area (Å²) in [6.07, 6.45) is 2.15. The summed E-state index contributed by atoms with van der Waals surface area (Å²) in [6, 6.07) is 4.00.